The lowest BCUT2D eigenvalue weighted by molar-refractivity contribution is -0.141. The summed E-state index contributed by atoms with van der Waals surface area (Å²) in [6.45, 7) is 1.93. The maximum Gasteiger partial charge on any atom is 0.308 e. The Balaban J connectivity index is 1.39. The maximum absolute atomic E-state index is 13.0. The lowest BCUT2D eigenvalue weighted by Crippen LogP contribution is -2.44. The third kappa shape index (κ3) is 3.46. The number of likely N-dealkylation sites (tertiary alicyclic amines) is 2. The number of nitrogens with zero attached hydrogens (tertiary/aromatic N) is 2. The molecule has 4 rings (SSSR count). The van der Waals surface area contributed by atoms with Crippen LogP contribution in [0.4, 0.5) is 0 Å². The predicted molar refractivity (Wildman–Crippen MR) is 105 cm³/mol. The number of benzene rings is 2. The van der Waals surface area contributed by atoms with Gasteiger partial charge in [-0.3, -0.25) is 14.4 Å². The van der Waals surface area contributed by atoms with Crippen LogP contribution in [-0.2, 0) is 9.59 Å². The van der Waals surface area contributed by atoms with Crippen molar-refractivity contribution < 1.29 is 19.5 Å². The molecule has 28 heavy (non-hydrogen) atoms. The van der Waals surface area contributed by atoms with E-state index in [1.165, 1.54) is 0 Å². The molecule has 1 atom stereocenters. The van der Waals surface area contributed by atoms with Crippen LogP contribution in [0.3, 0.4) is 0 Å². The summed E-state index contributed by atoms with van der Waals surface area (Å²) in [4.78, 5) is 40.4. The van der Waals surface area contributed by atoms with Gasteiger partial charge in [-0.25, -0.2) is 0 Å². The van der Waals surface area contributed by atoms with Crippen molar-refractivity contribution >= 4 is 28.6 Å². The summed E-state index contributed by atoms with van der Waals surface area (Å²) in [6, 6.07) is 13.6. The van der Waals surface area contributed by atoms with Gasteiger partial charge in [-0.15, -0.1) is 0 Å². The molecule has 2 amide bonds. The van der Waals surface area contributed by atoms with E-state index in [0.717, 1.165) is 10.8 Å². The highest BCUT2D eigenvalue weighted by molar-refractivity contribution is 6.07. The fourth-order valence-electron chi connectivity index (χ4n) is 4.33. The number of carboxylic acids is 1. The van der Waals surface area contributed by atoms with Gasteiger partial charge in [-0.05, 0) is 36.1 Å². The molecule has 0 saturated carbocycles. The number of amides is 2. The number of carbonyl (C=O) groups is 3. The zero-order valence-corrected chi connectivity index (χ0v) is 15.7. The van der Waals surface area contributed by atoms with Crippen LogP contribution < -0.4 is 0 Å². The molecule has 146 valence electrons. The summed E-state index contributed by atoms with van der Waals surface area (Å²) in [7, 11) is 0. The van der Waals surface area contributed by atoms with Crippen molar-refractivity contribution in [1.82, 2.24) is 9.80 Å². The molecular weight excluding hydrogens is 356 g/mol. The SMILES string of the molecule is O=C(O)C1CCN(C(=O)C2CCN(C(=O)c3cccc4ccccc34)CC2)C1. The minimum atomic E-state index is -0.828. The van der Waals surface area contributed by atoms with Gasteiger partial charge in [0.25, 0.3) is 5.91 Å². The van der Waals surface area contributed by atoms with Crippen LogP contribution >= 0.6 is 0 Å². The fourth-order valence-corrected chi connectivity index (χ4v) is 4.33. The Bertz CT molecular complexity index is 912. The van der Waals surface area contributed by atoms with Crippen LogP contribution in [0.5, 0.6) is 0 Å². The zero-order chi connectivity index (χ0) is 19.7. The Morgan fingerprint density at radius 3 is 2.18 bits per heavy atom. The molecule has 0 aromatic heterocycles. The average molecular weight is 380 g/mol. The molecule has 2 saturated heterocycles. The molecule has 2 aromatic carbocycles. The molecule has 6 heteroatoms. The van der Waals surface area contributed by atoms with E-state index in [0.29, 0.717) is 51.0 Å². The third-order valence-electron chi connectivity index (χ3n) is 6.00. The second kappa shape index (κ2) is 7.62. The van der Waals surface area contributed by atoms with Crippen molar-refractivity contribution in [2.24, 2.45) is 11.8 Å². The molecule has 1 unspecified atom stereocenters. The minimum absolute atomic E-state index is 0.00909. The standard InChI is InChI=1S/C22H24N2O4/c25-20(24-13-10-17(14-24)22(27)28)16-8-11-23(12-9-16)21(26)19-7-3-5-15-4-1-2-6-18(15)19/h1-7,16-17H,8-14H2,(H,27,28). The largest absolute Gasteiger partial charge is 0.481 e. The summed E-state index contributed by atoms with van der Waals surface area (Å²) < 4.78 is 0. The molecule has 2 aromatic rings. The fraction of sp³-hybridized carbons (Fsp3) is 0.409. The van der Waals surface area contributed by atoms with Crippen molar-refractivity contribution in [3.05, 3.63) is 48.0 Å². The molecule has 0 radical (unpaired) electrons. The Morgan fingerprint density at radius 2 is 1.46 bits per heavy atom. The number of aliphatic carboxylic acids is 1. The van der Waals surface area contributed by atoms with Crippen molar-refractivity contribution in [2.45, 2.75) is 19.3 Å². The van der Waals surface area contributed by atoms with Crippen LogP contribution in [0.1, 0.15) is 29.6 Å². The monoisotopic (exact) mass is 380 g/mol. The first-order chi connectivity index (χ1) is 13.5. The van der Waals surface area contributed by atoms with Crippen molar-refractivity contribution in [3.63, 3.8) is 0 Å². The second-order valence-electron chi connectivity index (χ2n) is 7.70. The van der Waals surface area contributed by atoms with E-state index in [2.05, 4.69) is 0 Å². The molecule has 0 bridgehead atoms. The predicted octanol–water partition coefficient (Wildman–Crippen LogP) is 2.63. The van der Waals surface area contributed by atoms with E-state index in [1.807, 2.05) is 47.4 Å². The Kier molecular flexibility index (Phi) is 5.03. The lowest BCUT2D eigenvalue weighted by Gasteiger charge is -2.33. The summed E-state index contributed by atoms with van der Waals surface area (Å²) in [5.41, 5.74) is 0.701. The molecule has 0 aliphatic carbocycles. The van der Waals surface area contributed by atoms with E-state index in [4.69, 9.17) is 5.11 Å². The first-order valence-corrected chi connectivity index (χ1v) is 9.83. The molecule has 2 fully saturated rings. The Morgan fingerprint density at radius 1 is 0.821 bits per heavy atom. The number of hydrogen-bond acceptors (Lipinski definition) is 3. The minimum Gasteiger partial charge on any atom is -0.481 e. The van der Waals surface area contributed by atoms with Gasteiger partial charge in [0, 0.05) is 37.7 Å². The van der Waals surface area contributed by atoms with Crippen LogP contribution in [0, 0.1) is 11.8 Å². The Labute approximate surface area is 163 Å². The van der Waals surface area contributed by atoms with Gasteiger partial charge in [0.2, 0.25) is 5.91 Å². The normalized spacial score (nSPS) is 20.5. The molecule has 2 heterocycles. The highest BCUT2D eigenvalue weighted by atomic mass is 16.4. The van der Waals surface area contributed by atoms with Crippen molar-refractivity contribution in [2.75, 3.05) is 26.2 Å². The van der Waals surface area contributed by atoms with Gasteiger partial charge in [0.15, 0.2) is 0 Å². The van der Waals surface area contributed by atoms with Crippen LogP contribution in [-0.4, -0.2) is 58.9 Å². The summed E-state index contributed by atoms with van der Waals surface area (Å²) >= 11 is 0. The maximum atomic E-state index is 13.0. The van der Waals surface area contributed by atoms with Crippen LogP contribution in [0.25, 0.3) is 10.8 Å². The number of hydrogen-bond donors (Lipinski definition) is 1. The number of rotatable bonds is 3. The molecule has 0 spiro atoms. The number of carbonyl (C=O) groups excluding carboxylic acids is 2. The number of fused-ring (bicyclic) bond motifs is 1. The first-order valence-electron chi connectivity index (χ1n) is 9.83. The second-order valence-corrected chi connectivity index (χ2v) is 7.70. The van der Waals surface area contributed by atoms with E-state index in [1.54, 1.807) is 4.90 Å². The molecule has 2 aliphatic heterocycles. The summed E-state index contributed by atoms with van der Waals surface area (Å²) in [5, 5.41) is 11.1. The van der Waals surface area contributed by atoms with Gasteiger partial charge in [0.1, 0.15) is 0 Å². The molecule has 2 aliphatic rings. The quantitative estimate of drug-likeness (QED) is 0.888. The summed E-state index contributed by atoms with van der Waals surface area (Å²) in [6.07, 6.45) is 1.78. The zero-order valence-electron chi connectivity index (χ0n) is 15.7. The van der Waals surface area contributed by atoms with Crippen LogP contribution in [0.2, 0.25) is 0 Å². The van der Waals surface area contributed by atoms with E-state index in [-0.39, 0.29) is 17.7 Å². The van der Waals surface area contributed by atoms with Gasteiger partial charge in [-0.1, -0.05) is 36.4 Å². The smallest absolute Gasteiger partial charge is 0.308 e. The van der Waals surface area contributed by atoms with Crippen LogP contribution in [0.15, 0.2) is 42.5 Å². The first kappa shape index (κ1) is 18.5. The van der Waals surface area contributed by atoms with Gasteiger partial charge < -0.3 is 14.9 Å². The van der Waals surface area contributed by atoms with Crippen molar-refractivity contribution in [3.8, 4) is 0 Å². The highest BCUT2D eigenvalue weighted by Crippen LogP contribution is 2.26. The third-order valence-corrected chi connectivity index (χ3v) is 6.00. The van der Waals surface area contributed by atoms with E-state index in [9.17, 15) is 14.4 Å². The highest BCUT2D eigenvalue weighted by Gasteiger charge is 2.36. The molecule has 1 N–H and O–H groups in total. The topological polar surface area (TPSA) is 77.9 Å². The van der Waals surface area contributed by atoms with E-state index >= 15 is 0 Å². The molecule has 6 nitrogen and oxygen atoms in total. The van der Waals surface area contributed by atoms with Crippen molar-refractivity contribution in [1.29, 1.82) is 0 Å². The Hall–Kier alpha value is -2.89. The summed E-state index contributed by atoms with van der Waals surface area (Å²) in [5.74, 6) is -1.34. The van der Waals surface area contributed by atoms with Gasteiger partial charge in [-0.2, -0.15) is 0 Å². The van der Waals surface area contributed by atoms with Gasteiger partial charge >= 0.3 is 5.97 Å². The van der Waals surface area contributed by atoms with E-state index < -0.39 is 11.9 Å². The average Bonchev–Trinajstić information content (AvgIpc) is 3.23. The molecular formula is C22H24N2O4. The number of carboxylic acid groups (broad SMARTS) is 1. The van der Waals surface area contributed by atoms with Gasteiger partial charge in [0.05, 0.1) is 5.92 Å². The number of piperidine rings is 1. The lowest BCUT2D eigenvalue weighted by atomic mass is 9.94.